The zero-order chi connectivity index (χ0) is 13.5. The summed E-state index contributed by atoms with van der Waals surface area (Å²) in [4.78, 5) is 13.9. The average molecular weight is 252 g/mol. The van der Waals surface area contributed by atoms with Gasteiger partial charge >= 0.3 is 0 Å². The Bertz CT molecular complexity index is 500. The predicted molar refractivity (Wildman–Crippen MR) is 68.7 cm³/mol. The van der Waals surface area contributed by atoms with E-state index in [1.165, 1.54) is 13.2 Å². The van der Waals surface area contributed by atoms with E-state index in [0.717, 1.165) is 5.69 Å². The maximum absolute atomic E-state index is 13.6. The fourth-order valence-electron chi connectivity index (χ4n) is 2.29. The Morgan fingerprint density at radius 1 is 1.44 bits per heavy atom. The summed E-state index contributed by atoms with van der Waals surface area (Å²) in [5.74, 6) is -0.437. The van der Waals surface area contributed by atoms with Crippen LogP contribution in [-0.2, 0) is 4.79 Å². The molecule has 0 aromatic heterocycles. The smallest absolute Gasteiger partial charge is 0.249 e. The highest BCUT2D eigenvalue weighted by atomic mass is 19.1. The first-order valence-electron chi connectivity index (χ1n) is 5.88. The molecule has 0 unspecified atom stereocenters. The molecule has 1 aliphatic rings. The molecule has 18 heavy (non-hydrogen) atoms. The van der Waals surface area contributed by atoms with E-state index in [9.17, 15) is 9.18 Å². The van der Waals surface area contributed by atoms with Crippen LogP contribution in [-0.4, -0.2) is 25.1 Å². The van der Waals surface area contributed by atoms with Gasteiger partial charge in [-0.25, -0.2) is 4.39 Å². The fourth-order valence-corrected chi connectivity index (χ4v) is 2.29. The maximum atomic E-state index is 13.6. The normalized spacial score (nSPS) is 17.2. The summed E-state index contributed by atoms with van der Waals surface area (Å²) < 4.78 is 18.6. The minimum Gasteiger partial charge on any atom is -0.494 e. The van der Waals surface area contributed by atoms with Crippen LogP contribution >= 0.6 is 0 Å². The molecule has 0 spiro atoms. The van der Waals surface area contributed by atoms with Crippen LogP contribution < -0.4 is 15.0 Å². The molecule has 98 valence electrons. The molecule has 0 fully saturated rings. The molecule has 0 atom stereocenters. The average Bonchev–Trinajstić information content (AvgIpc) is 2.30. The second-order valence-electron chi connectivity index (χ2n) is 4.76. The Kier molecular flexibility index (Phi) is 2.92. The molecule has 0 radical (unpaired) electrons. The lowest BCUT2D eigenvalue weighted by molar-refractivity contribution is -0.120. The zero-order valence-corrected chi connectivity index (χ0v) is 11.0. The SMILES string of the molecule is CCN1c2cc(OC)c(F)cc2NC(=O)C1(C)C. The first-order valence-corrected chi connectivity index (χ1v) is 5.88. The second kappa shape index (κ2) is 4.15. The summed E-state index contributed by atoms with van der Waals surface area (Å²) in [6, 6.07) is 2.92. The van der Waals surface area contributed by atoms with Gasteiger partial charge in [-0.05, 0) is 20.8 Å². The van der Waals surface area contributed by atoms with Gasteiger partial charge in [-0.1, -0.05) is 0 Å². The number of benzene rings is 1. The van der Waals surface area contributed by atoms with Gasteiger partial charge in [-0.15, -0.1) is 0 Å². The van der Waals surface area contributed by atoms with E-state index in [-0.39, 0.29) is 11.7 Å². The molecule has 1 aromatic rings. The van der Waals surface area contributed by atoms with Gasteiger partial charge in [0.05, 0.1) is 18.5 Å². The standard InChI is InChI=1S/C13H17FN2O2/c1-5-16-10-7-11(18-4)8(14)6-9(10)15-12(17)13(16,2)3/h6-7H,5H2,1-4H3,(H,15,17). The monoisotopic (exact) mass is 252 g/mol. The van der Waals surface area contributed by atoms with Crippen LogP contribution in [0.15, 0.2) is 12.1 Å². The van der Waals surface area contributed by atoms with Crippen molar-refractivity contribution in [1.29, 1.82) is 0 Å². The molecule has 0 aliphatic carbocycles. The van der Waals surface area contributed by atoms with Gasteiger partial charge in [-0.3, -0.25) is 4.79 Å². The van der Waals surface area contributed by atoms with Gasteiger partial charge < -0.3 is 15.0 Å². The summed E-state index contributed by atoms with van der Waals surface area (Å²) in [5, 5.41) is 2.73. The van der Waals surface area contributed by atoms with Crippen molar-refractivity contribution in [2.24, 2.45) is 0 Å². The number of methoxy groups -OCH3 is 1. The lowest BCUT2D eigenvalue weighted by Crippen LogP contribution is -2.56. The minimum atomic E-state index is -0.662. The highest BCUT2D eigenvalue weighted by Gasteiger charge is 2.39. The van der Waals surface area contributed by atoms with Crippen LogP contribution in [0.3, 0.4) is 0 Å². The molecule has 1 N–H and O–H groups in total. The highest BCUT2D eigenvalue weighted by Crippen LogP contribution is 2.40. The minimum absolute atomic E-state index is 0.138. The number of hydrogen-bond donors (Lipinski definition) is 1. The van der Waals surface area contributed by atoms with E-state index >= 15 is 0 Å². The molecule has 5 heteroatoms. The Balaban J connectivity index is 2.60. The first kappa shape index (κ1) is 12.7. The number of amides is 1. The van der Waals surface area contributed by atoms with Crippen molar-refractivity contribution in [3.05, 3.63) is 17.9 Å². The van der Waals surface area contributed by atoms with Gasteiger partial charge in [0.15, 0.2) is 11.6 Å². The third-order valence-electron chi connectivity index (χ3n) is 3.36. The van der Waals surface area contributed by atoms with Gasteiger partial charge in [0.2, 0.25) is 5.91 Å². The van der Waals surface area contributed by atoms with Crippen LogP contribution in [0, 0.1) is 5.82 Å². The number of carbonyl (C=O) groups is 1. The molecular formula is C13H17FN2O2. The zero-order valence-electron chi connectivity index (χ0n) is 11.0. The summed E-state index contributed by atoms with van der Waals surface area (Å²) in [6.45, 7) is 6.29. The Morgan fingerprint density at radius 2 is 2.11 bits per heavy atom. The molecule has 0 saturated carbocycles. The summed E-state index contributed by atoms with van der Waals surface area (Å²) in [5.41, 5.74) is 0.602. The van der Waals surface area contributed by atoms with E-state index in [1.807, 2.05) is 25.7 Å². The molecule has 0 bridgehead atoms. The number of likely N-dealkylation sites (N-methyl/N-ethyl adjacent to an activating group) is 1. The number of anilines is 2. The van der Waals surface area contributed by atoms with E-state index in [4.69, 9.17) is 4.74 Å². The predicted octanol–water partition coefficient (Wildman–Crippen LogP) is 2.39. The van der Waals surface area contributed by atoms with E-state index in [1.54, 1.807) is 6.07 Å². The quantitative estimate of drug-likeness (QED) is 0.878. The van der Waals surface area contributed by atoms with Crippen LogP contribution in [0.5, 0.6) is 5.75 Å². The van der Waals surface area contributed by atoms with Crippen molar-refractivity contribution in [3.8, 4) is 5.75 Å². The topological polar surface area (TPSA) is 41.6 Å². The number of nitrogens with one attached hydrogen (secondary N) is 1. The lowest BCUT2D eigenvalue weighted by Gasteiger charge is -2.43. The molecule has 1 amide bonds. The molecule has 4 nitrogen and oxygen atoms in total. The van der Waals surface area contributed by atoms with Crippen molar-refractivity contribution < 1.29 is 13.9 Å². The fraction of sp³-hybridized carbons (Fsp3) is 0.462. The van der Waals surface area contributed by atoms with E-state index in [2.05, 4.69) is 5.32 Å². The van der Waals surface area contributed by atoms with Crippen LogP contribution in [0.2, 0.25) is 0 Å². The molecule has 1 aliphatic heterocycles. The molecule has 1 aromatic carbocycles. The third-order valence-corrected chi connectivity index (χ3v) is 3.36. The van der Waals surface area contributed by atoms with Gasteiger partial charge in [0.25, 0.3) is 0 Å². The number of halogens is 1. The summed E-state index contributed by atoms with van der Waals surface area (Å²) in [6.07, 6.45) is 0. The summed E-state index contributed by atoms with van der Waals surface area (Å²) in [7, 11) is 1.42. The lowest BCUT2D eigenvalue weighted by atomic mass is 9.96. The van der Waals surface area contributed by atoms with Crippen LogP contribution in [0.25, 0.3) is 0 Å². The summed E-state index contributed by atoms with van der Waals surface area (Å²) >= 11 is 0. The molecule has 0 saturated heterocycles. The van der Waals surface area contributed by atoms with Crippen molar-refractivity contribution >= 4 is 17.3 Å². The Hall–Kier alpha value is -1.78. The number of rotatable bonds is 2. The third kappa shape index (κ3) is 1.70. The first-order chi connectivity index (χ1) is 8.41. The molecular weight excluding hydrogens is 235 g/mol. The Morgan fingerprint density at radius 3 is 2.67 bits per heavy atom. The van der Waals surface area contributed by atoms with Crippen LogP contribution in [0.1, 0.15) is 20.8 Å². The van der Waals surface area contributed by atoms with Crippen LogP contribution in [0.4, 0.5) is 15.8 Å². The highest BCUT2D eigenvalue weighted by molar-refractivity contribution is 6.06. The Labute approximate surface area is 106 Å². The number of hydrogen-bond acceptors (Lipinski definition) is 3. The van der Waals surface area contributed by atoms with Crippen molar-refractivity contribution in [3.63, 3.8) is 0 Å². The molecule has 2 rings (SSSR count). The van der Waals surface area contributed by atoms with Gasteiger partial charge in [0, 0.05) is 18.7 Å². The van der Waals surface area contributed by atoms with Gasteiger partial charge in [-0.2, -0.15) is 0 Å². The maximum Gasteiger partial charge on any atom is 0.249 e. The number of carbonyl (C=O) groups excluding carboxylic acids is 1. The number of fused-ring (bicyclic) bond motifs is 1. The largest absolute Gasteiger partial charge is 0.494 e. The van der Waals surface area contributed by atoms with Crippen molar-refractivity contribution in [1.82, 2.24) is 0 Å². The van der Waals surface area contributed by atoms with E-state index in [0.29, 0.717) is 12.2 Å². The molecule has 1 heterocycles. The van der Waals surface area contributed by atoms with Gasteiger partial charge in [0.1, 0.15) is 5.54 Å². The number of ether oxygens (including phenoxy) is 1. The van der Waals surface area contributed by atoms with E-state index < -0.39 is 11.4 Å². The van der Waals surface area contributed by atoms with Crippen molar-refractivity contribution in [2.45, 2.75) is 26.3 Å². The number of nitrogens with zero attached hydrogens (tertiary/aromatic N) is 1. The van der Waals surface area contributed by atoms with Crippen molar-refractivity contribution in [2.75, 3.05) is 23.9 Å². The second-order valence-corrected chi connectivity index (χ2v) is 4.76.